The molecule has 1 aromatic carbocycles. The van der Waals surface area contributed by atoms with E-state index in [0.717, 1.165) is 4.90 Å². The molecule has 2 heterocycles. The summed E-state index contributed by atoms with van der Waals surface area (Å²) in [6.07, 6.45) is 2.00. The van der Waals surface area contributed by atoms with Gasteiger partial charge in [-0.15, -0.1) is 0 Å². The highest BCUT2D eigenvalue weighted by Gasteiger charge is 2.43. The Morgan fingerprint density at radius 3 is 2.22 bits per heavy atom. The zero-order valence-electron chi connectivity index (χ0n) is 12.3. The maximum Gasteiger partial charge on any atom is 0.262 e. The van der Waals surface area contributed by atoms with Gasteiger partial charge in [-0.3, -0.25) is 19.0 Å². The van der Waals surface area contributed by atoms with Crippen LogP contribution in [0.5, 0.6) is 0 Å². The summed E-state index contributed by atoms with van der Waals surface area (Å²) in [5.74, 6) is -0.934. The third-order valence-electron chi connectivity index (χ3n) is 4.13. The predicted molar refractivity (Wildman–Crippen MR) is 82.8 cm³/mol. The summed E-state index contributed by atoms with van der Waals surface area (Å²) in [5, 5.41) is 10.4. The molecule has 0 aliphatic carbocycles. The smallest absolute Gasteiger partial charge is 0.262 e. The second-order valence-corrected chi connectivity index (χ2v) is 6.47. The molecule has 8 heteroatoms. The molecule has 2 aliphatic rings. The number of aliphatic hydroxyl groups excluding tert-OH is 1. The van der Waals surface area contributed by atoms with Crippen molar-refractivity contribution in [3.05, 3.63) is 47.5 Å². The molecule has 0 spiro atoms. The fraction of sp³-hybridized carbons (Fsp3) is 0.333. The highest BCUT2D eigenvalue weighted by atomic mass is 32.2. The van der Waals surface area contributed by atoms with E-state index in [1.165, 1.54) is 4.31 Å². The van der Waals surface area contributed by atoms with Crippen LogP contribution < -0.4 is 0 Å². The van der Waals surface area contributed by atoms with Crippen LogP contribution in [0, 0.1) is 0 Å². The molecule has 7 nitrogen and oxygen atoms in total. The molecule has 0 saturated carbocycles. The Morgan fingerprint density at radius 1 is 1.13 bits per heavy atom. The van der Waals surface area contributed by atoms with E-state index in [-0.39, 0.29) is 6.54 Å². The van der Waals surface area contributed by atoms with Gasteiger partial charge in [-0.2, -0.15) is 4.31 Å². The largest absolute Gasteiger partial charge is 0.389 e. The van der Waals surface area contributed by atoms with E-state index in [2.05, 4.69) is 0 Å². The average Bonchev–Trinajstić information content (AvgIpc) is 2.67. The molecule has 3 rings (SSSR count). The first kappa shape index (κ1) is 16.0. The molecular formula is C15H16N2O5S. The highest BCUT2D eigenvalue weighted by Crippen LogP contribution is 2.27. The molecule has 2 amide bonds. The van der Waals surface area contributed by atoms with Crippen LogP contribution in [-0.4, -0.2) is 59.6 Å². The molecule has 23 heavy (non-hydrogen) atoms. The van der Waals surface area contributed by atoms with Crippen LogP contribution in [0.1, 0.15) is 27.6 Å². The first-order valence-electron chi connectivity index (χ1n) is 7.12. The lowest BCUT2D eigenvalue weighted by Crippen LogP contribution is -2.49. The van der Waals surface area contributed by atoms with Crippen molar-refractivity contribution >= 4 is 23.1 Å². The van der Waals surface area contributed by atoms with Crippen molar-refractivity contribution in [2.24, 2.45) is 0 Å². The maximum atomic E-state index is 12.5. The number of imide groups is 1. The number of benzene rings is 1. The van der Waals surface area contributed by atoms with Crippen molar-refractivity contribution in [3.63, 3.8) is 0 Å². The van der Waals surface area contributed by atoms with E-state index in [9.17, 15) is 23.5 Å². The normalized spacial score (nSPS) is 29.5. The second kappa shape index (κ2) is 5.97. The minimum Gasteiger partial charge on any atom is -0.389 e. The average molecular weight is 336 g/mol. The van der Waals surface area contributed by atoms with E-state index in [1.807, 2.05) is 0 Å². The lowest BCUT2D eigenvalue weighted by molar-refractivity contribution is 0.0402. The number of hydrogen-bond acceptors (Lipinski definition) is 4. The lowest BCUT2D eigenvalue weighted by atomic mass is 10.1. The highest BCUT2D eigenvalue weighted by molar-refractivity contribution is 7.76. The molecule has 0 radical (unpaired) electrons. The summed E-state index contributed by atoms with van der Waals surface area (Å²) in [6.45, 7) is 1.57. The third-order valence-corrected chi connectivity index (χ3v) is 5.01. The maximum absolute atomic E-state index is 12.5. The first-order valence-corrected chi connectivity index (χ1v) is 8.19. The van der Waals surface area contributed by atoms with Crippen LogP contribution in [-0.2, 0) is 11.3 Å². The van der Waals surface area contributed by atoms with Crippen LogP contribution in [0.15, 0.2) is 36.4 Å². The van der Waals surface area contributed by atoms with Crippen molar-refractivity contribution < 1.29 is 23.5 Å². The lowest BCUT2D eigenvalue weighted by Gasteiger charge is -2.28. The summed E-state index contributed by atoms with van der Waals surface area (Å²) in [7, 11) is 0. The number of amides is 2. The fourth-order valence-corrected chi connectivity index (χ4v) is 3.54. The zero-order valence-corrected chi connectivity index (χ0v) is 13.1. The Balaban J connectivity index is 1.94. The van der Waals surface area contributed by atoms with Gasteiger partial charge in [0.05, 0.1) is 23.3 Å². The Bertz CT molecular complexity index is 685. The summed E-state index contributed by atoms with van der Waals surface area (Å²) >= 11 is -2.25. The zero-order chi connectivity index (χ0) is 16.7. The van der Waals surface area contributed by atoms with Crippen LogP contribution >= 0.6 is 0 Å². The van der Waals surface area contributed by atoms with Gasteiger partial charge < -0.3 is 5.11 Å². The van der Waals surface area contributed by atoms with Gasteiger partial charge in [-0.1, -0.05) is 24.3 Å². The number of carbonyl (C=O) groups excluding carboxylic acids is 2. The van der Waals surface area contributed by atoms with Crippen molar-refractivity contribution in [2.75, 3.05) is 6.54 Å². The van der Waals surface area contributed by atoms with Crippen LogP contribution in [0.4, 0.5) is 0 Å². The number of carbonyl (C=O) groups is 2. The van der Waals surface area contributed by atoms with Crippen LogP contribution in [0.25, 0.3) is 0 Å². The number of fused-ring (bicyclic) bond motifs is 1. The van der Waals surface area contributed by atoms with Gasteiger partial charge in [0, 0.05) is 12.6 Å². The number of rotatable bonds is 2. The summed E-state index contributed by atoms with van der Waals surface area (Å²) in [6, 6.07) is 5.20. The minimum absolute atomic E-state index is 0.130. The van der Waals surface area contributed by atoms with E-state index in [4.69, 9.17) is 0 Å². The summed E-state index contributed by atoms with van der Waals surface area (Å²) in [5.41, 5.74) is 0.607. The second-order valence-electron chi connectivity index (χ2n) is 5.54. The Labute approximate surface area is 135 Å². The minimum atomic E-state index is -2.25. The van der Waals surface area contributed by atoms with E-state index in [0.29, 0.717) is 11.1 Å². The molecule has 0 bridgehead atoms. The summed E-state index contributed by atoms with van der Waals surface area (Å²) in [4.78, 5) is 26.0. The van der Waals surface area contributed by atoms with E-state index < -0.39 is 41.3 Å². The molecule has 0 saturated heterocycles. The van der Waals surface area contributed by atoms with Crippen molar-refractivity contribution in [1.82, 2.24) is 9.21 Å². The van der Waals surface area contributed by atoms with Crippen LogP contribution in [0.2, 0.25) is 0 Å². The molecule has 2 aliphatic heterocycles. The molecule has 1 aromatic rings. The van der Waals surface area contributed by atoms with Gasteiger partial charge in [0.2, 0.25) is 11.3 Å². The molecule has 1 unspecified atom stereocenters. The molecule has 0 aromatic heterocycles. The van der Waals surface area contributed by atoms with Gasteiger partial charge in [-0.05, 0) is 19.1 Å². The van der Waals surface area contributed by atoms with Crippen molar-refractivity contribution in [3.8, 4) is 0 Å². The molecule has 4 atom stereocenters. The van der Waals surface area contributed by atoms with Crippen molar-refractivity contribution in [2.45, 2.75) is 25.1 Å². The number of β-amino-alcohol motifs (C(OH)–C–C–N with tert-alkyl or cyclic N) is 1. The number of nitrogens with zero attached hydrogens (tertiary/aromatic N) is 2. The summed E-state index contributed by atoms with van der Waals surface area (Å²) < 4.78 is 21.8. The van der Waals surface area contributed by atoms with Gasteiger partial charge in [-0.25, -0.2) is 4.21 Å². The van der Waals surface area contributed by atoms with Gasteiger partial charge in [0.15, 0.2) is 0 Å². The molecular weight excluding hydrogens is 320 g/mol. The Hall–Kier alpha value is -1.87. The van der Waals surface area contributed by atoms with E-state index >= 15 is 0 Å². The van der Waals surface area contributed by atoms with Crippen LogP contribution in [0.3, 0.4) is 0 Å². The monoisotopic (exact) mass is 336 g/mol. The first-order chi connectivity index (χ1) is 10.9. The van der Waals surface area contributed by atoms with Gasteiger partial charge in [0.1, 0.15) is 0 Å². The Morgan fingerprint density at radius 2 is 1.70 bits per heavy atom. The predicted octanol–water partition coefficient (Wildman–Crippen LogP) is 0.409. The number of hydrogen-bond donors (Lipinski definition) is 2. The number of aliphatic hydroxyl groups is 1. The molecule has 2 N–H and O–H groups in total. The van der Waals surface area contributed by atoms with Crippen molar-refractivity contribution in [1.29, 1.82) is 0 Å². The van der Waals surface area contributed by atoms with Gasteiger partial charge >= 0.3 is 0 Å². The van der Waals surface area contributed by atoms with Gasteiger partial charge in [0.25, 0.3) is 11.8 Å². The Kier molecular flexibility index (Phi) is 4.15. The standard InChI is InChI=1S/C15H16N2O5S/c1-9-6-7-12(13(18)8-16(9)23(21)22)17-14(19)10-4-2-3-5-11(10)15(17)20/h2-7,9,12-13,18H,8H2,1H3,(H,21,22)/t9-,12+,13+/m1/s1. The fourth-order valence-electron chi connectivity index (χ4n) is 2.90. The molecule has 122 valence electrons. The topological polar surface area (TPSA) is 98.2 Å². The SMILES string of the molecule is C[C@@H]1C=C[C@H](N2C(=O)c3ccccc3C2=O)[C@@H](O)CN1S(=O)O. The quantitative estimate of drug-likeness (QED) is 0.463. The van der Waals surface area contributed by atoms with E-state index in [1.54, 1.807) is 43.3 Å². The molecule has 0 fully saturated rings. The third kappa shape index (κ3) is 2.63.